The number of fused-ring (bicyclic) bond motifs is 1. The molecule has 0 radical (unpaired) electrons. The lowest BCUT2D eigenvalue weighted by molar-refractivity contribution is 0.0507. The lowest BCUT2D eigenvalue weighted by Gasteiger charge is -2.33. The quantitative estimate of drug-likeness (QED) is 0.531. The number of ether oxygens (including phenoxy) is 2. The number of rotatable bonds is 7. The predicted molar refractivity (Wildman–Crippen MR) is 134 cm³/mol. The van der Waals surface area contributed by atoms with E-state index in [1.165, 1.54) is 0 Å². The SMILES string of the molecule is CC(C)(C)OC(=O)N(CC1CCOCC1)c1cc(N[C@@H](C2CC2)C(C)(C)O)nc2c(Br)cnn12. The Bertz CT molecular complexity index is 1020. The second-order valence-corrected chi connectivity index (χ2v) is 11.8. The molecule has 1 aliphatic heterocycles. The molecule has 1 atom stereocenters. The second kappa shape index (κ2) is 9.62. The van der Waals surface area contributed by atoms with Crippen molar-refractivity contribution in [3.05, 3.63) is 16.7 Å². The summed E-state index contributed by atoms with van der Waals surface area (Å²) in [7, 11) is 0. The molecule has 2 aromatic heterocycles. The monoisotopic (exact) mass is 537 g/mol. The molecule has 188 valence electrons. The number of hydrogen-bond acceptors (Lipinski definition) is 7. The van der Waals surface area contributed by atoms with Gasteiger partial charge in [0, 0.05) is 25.8 Å². The van der Waals surface area contributed by atoms with Crippen LogP contribution in [-0.2, 0) is 9.47 Å². The fourth-order valence-electron chi connectivity index (χ4n) is 4.41. The van der Waals surface area contributed by atoms with Crippen molar-refractivity contribution in [2.24, 2.45) is 11.8 Å². The van der Waals surface area contributed by atoms with Crippen LogP contribution in [0.1, 0.15) is 60.3 Å². The van der Waals surface area contributed by atoms with Gasteiger partial charge in [0.15, 0.2) is 5.65 Å². The lowest BCUT2D eigenvalue weighted by atomic mass is 9.94. The van der Waals surface area contributed by atoms with E-state index in [0.29, 0.717) is 43.0 Å². The highest BCUT2D eigenvalue weighted by Crippen LogP contribution is 2.39. The standard InChI is InChI=1S/C24H36BrN5O4/c1-23(2,3)34-22(31)29(14-15-8-10-33-11-9-15)19-12-18(28-21-17(25)13-26-30(19)21)27-20(16-6-7-16)24(4,5)32/h12-13,15-16,20,32H,6-11,14H2,1-5H3,(H,27,28)/t20-/m0/s1. The van der Waals surface area contributed by atoms with E-state index in [9.17, 15) is 9.90 Å². The molecule has 0 spiro atoms. The second-order valence-electron chi connectivity index (χ2n) is 11.0. The van der Waals surface area contributed by atoms with Gasteiger partial charge in [-0.2, -0.15) is 9.61 Å². The third kappa shape index (κ3) is 6.01. The van der Waals surface area contributed by atoms with Crippen LogP contribution in [0.3, 0.4) is 0 Å². The molecule has 2 N–H and O–H groups in total. The molecule has 3 heterocycles. The van der Waals surface area contributed by atoms with Crippen molar-refractivity contribution in [1.29, 1.82) is 0 Å². The third-order valence-electron chi connectivity index (χ3n) is 6.24. The Morgan fingerprint density at radius 1 is 1.29 bits per heavy atom. The Balaban J connectivity index is 1.75. The number of nitrogens with zero attached hydrogens (tertiary/aromatic N) is 4. The van der Waals surface area contributed by atoms with Gasteiger partial charge in [0.1, 0.15) is 17.2 Å². The van der Waals surface area contributed by atoms with Crippen molar-refractivity contribution in [3.63, 3.8) is 0 Å². The Morgan fingerprint density at radius 2 is 1.97 bits per heavy atom. The molecule has 0 aromatic carbocycles. The van der Waals surface area contributed by atoms with E-state index in [1.807, 2.05) is 40.7 Å². The van der Waals surface area contributed by atoms with Crippen LogP contribution < -0.4 is 10.2 Å². The first-order valence-electron chi connectivity index (χ1n) is 12.0. The van der Waals surface area contributed by atoms with Crippen molar-refractivity contribution >= 4 is 39.3 Å². The lowest BCUT2D eigenvalue weighted by Crippen LogP contribution is -2.44. The van der Waals surface area contributed by atoms with Gasteiger partial charge in [-0.25, -0.2) is 9.78 Å². The number of aliphatic hydroxyl groups is 1. The Hall–Kier alpha value is -1.91. The summed E-state index contributed by atoms with van der Waals surface area (Å²) in [6.45, 7) is 11.1. The average molecular weight is 538 g/mol. The summed E-state index contributed by atoms with van der Waals surface area (Å²) < 4.78 is 13.7. The minimum absolute atomic E-state index is 0.150. The van der Waals surface area contributed by atoms with Crippen LogP contribution in [0, 0.1) is 11.8 Å². The molecule has 2 aromatic rings. The van der Waals surface area contributed by atoms with Crippen LogP contribution in [0.4, 0.5) is 16.4 Å². The van der Waals surface area contributed by atoms with Crippen molar-refractivity contribution in [2.75, 3.05) is 30.0 Å². The number of hydrogen-bond donors (Lipinski definition) is 2. The third-order valence-corrected chi connectivity index (χ3v) is 6.80. The minimum atomic E-state index is -0.917. The summed E-state index contributed by atoms with van der Waals surface area (Å²) >= 11 is 3.54. The summed E-state index contributed by atoms with van der Waals surface area (Å²) in [5.41, 5.74) is -0.966. The Morgan fingerprint density at radius 3 is 2.56 bits per heavy atom. The maximum atomic E-state index is 13.4. The smallest absolute Gasteiger partial charge is 0.416 e. The van der Waals surface area contributed by atoms with Crippen molar-refractivity contribution in [3.8, 4) is 0 Å². The highest BCUT2D eigenvalue weighted by molar-refractivity contribution is 9.10. The van der Waals surface area contributed by atoms with E-state index in [2.05, 4.69) is 26.3 Å². The van der Waals surface area contributed by atoms with Crippen molar-refractivity contribution in [2.45, 2.75) is 77.5 Å². The van der Waals surface area contributed by atoms with E-state index in [-0.39, 0.29) is 12.0 Å². The van der Waals surface area contributed by atoms with Gasteiger partial charge in [-0.15, -0.1) is 0 Å². The van der Waals surface area contributed by atoms with Crippen molar-refractivity contribution in [1.82, 2.24) is 14.6 Å². The number of nitrogens with one attached hydrogen (secondary N) is 1. The molecule has 0 bridgehead atoms. The van der Waals surface area contributed by atoms with Gasteiger partial charge in [0.2, 0.25) is 0 Å². The number of aromatic nitrogens is 3. The van der Waals surface area contributed by atoms with Gasteiger partial charge in [-0.05, 0) is 88.1 Å². The first-order valence-corrected chi connectivity index (χ1v) is 12.8. The Kier molecular flexibility index (Phi) is 7.13. The van der Waals surface area contributed by atoms with Gasteiger partial charge in [0.05, 0.1) is 22.3 Å². The summed E-state index contributed by atoms with van der Waals surface area (Å²) in [4.78, 5) is 19.9. The molecule has 4 rings (SSSR count). The zero-order valence-electron chi connectivity index (χ0n) is 20.7. The van der Waals surface area contributed by atoms with Crippen LogP contribution in [-0.4, -0.2) is 62.8 Å². The molecular formula is C24H36BrN5O4. The largest absolute Gasteiger partial charge is 0.443 e. The topological polar surface area (TPSA) is 101 Å². The zero-order valence-corrected chi connectivity index (χ0v) is 22.3. The molecule has 1 saturated heterocycles. The van der Waals surface area contributed by atoms with Crippen LogP contribution >= 0.6 is 15.9 Å². The highest BCUT2D eigenvalue weighted by atomic mass is 79.9. The molecule has 1 saturated carbocycles. The van der Waals surface area contributed by atoms with Gasteiger partial charge in [-0.3, -0.25) is 4.90 Å². The Labute approximate surface area is 209 Å². The van der Waals surface area contributed by atoms with Crippen LogP contribution in [0.25, 0.3) is 5.65 Å². The maximum Gasteiger partial charge on any atom is 0.416 e. The fourth-order valence-corrected chi connectivity index (χ4v) is 4.76. The molecule has 10 heteroatoms. The van der Waals surface area contributed by atoms with Gasteiger partial charge in [0.25, 0.3) is 0 Å². The van der Waals surface area contributed by atoms with Crippen LogP contribution in [0.2, 0.25) is 0 Å². The summed E-state index contributed by atoms with van der Waals surface area (Å²) in [5.74, 6) is 1.84. The molecule has 2 aliphatic rings. The molecule has 34 heavy (non-hydrogen) atoms. The zero-order chi connectivity index (χ0) is 24.7. The molecule has 1 amide bonds. The van der Waals surface area contributed by atoms with Crippen molar-refractivity contribution < 1.29 is 19.4 Å². The first kappa shape index (κ1) is 25.2. The van der Waals surface area contributed by atoms with E-state index in [4.69, 9.17) is 14.5 Å². The van der Waals surface area contributed by atoms with Gasteiger partial charge >= 0.3 is 6.09 Å². The number of anilines is 2. The molecule has 9 nitrogen and oxygen atoms in total. The number of amides is 1. The summed E-state index contributed by atoms with van der Waals surface area (Å²) in [6.07, 6.45) is 5.15. The summed E-state index contributed by atoms with van der Waals surface area (Å²) in [5, 5.41) is 18.7. The normalized spacial score (nSPS) is 18.7. The number of carbonyl (C=O) groups excluding carboxylic acids is 1. The molecule has 1 aliphatic carbocycles. The highest BCUT2D eigenvalue weighted by Gasteiger charge is 2.40. The molecule has 2 fully saturated rings. The van der Waals surface area contributed by atoms with E-state index in [0.717, 1.165) is 30.2 Å². The molecule has 0 unspecified atom stereocenters. The van der Waals surface area contributed by atoms with Gasteiger partial charge < -0.3 is 19.9 Å². The average Bonchev–Trinajstić information content (AvgIpc) is 3.51. The van der Waals surface area contributed by atoms with E-state index < -0.39 is 17.3 Å². The number of carbonyl (C=O) groups is 1. The van der Waals surface area contributed by atoms with E-state index >= 15 is 0 Å². The molecular weight excluding hydrogens is 502 g/mol. The summed E-state index contributed by atoms with van der Waals surface area (Å²) in [6, 6.07) is 1.68. The van der Waals surface area contributed by atoms with E-state index in [1.54, 1.807) is 15.6 Å². The fraction of sp³-hybridized carbons (Fsp3) is 0.708. The van der Waals surface area contributed by atoms with Gasteiger partial charge in [-0.1, -0.05) is 0 Å². The van der Waals surface area contributed by atoms with Crippen LogP contribution in [0.15, 0.2) is 16.7 Å². The number of halogens is 1. The maximum absolute atomic E-state index is 13.4. The minimum Gasteiger partial charge on any atom is -0.443 e. The van der Waals surface area contributed by atoms with Crippen LogP contribution in [0.5, 0.6) is 0 Å². The predicted octanol–water partition coefficient (Wildman–Crippen LogP) is 4.62. The first-order chi connectivity index (χ1) is 15.9.